The van der Waals surface area contributed by atoms with E-state index in [0.29, 0.717) is 16.5 Å². The molecular weight excluding hydrogens is 410 g/mol. The minimum Gasteiger partial charge on any atom is -0.484 e. The molecule has 0 saturated heterocycles. The molecule has 0 bridgehead atoms. The fourth-order valence-electron chi connectivity index (χ4n) is 2.75. The SMILES string of the molecule is CCc1nnc2sc(-c3ccc(C)c(NC(=O)COc4ccc(Cl)cc4)c3)nn12. The van der Waals surface area contributed by atoms with Crippen molar-refractivity contribution in [2.45, 2.75) is 20.3 Å². The number of rotatable bonds is 6. The Morgan fingerprint density at radius 2 is 2.00 bits per heavy atom. The van der Waals surface area contributed by atoms with Crippen molar-refractivity contribution in [1.82, 2.24) is 19.8 Å². The van der Waals surface area contributed by atoms with E-state index in [2.05, 4.69) is 20.6 Å². The number of hydrogen-bond donors (Lipinski definition) is 1. The minimum atomic E-state index is -0.244. The van der Waals surface area contributed by atoms with Gasteiger partial charge in [0.05, 0.1) is 0 Å². The Labute approximate surface area is 176 Å². The van der Waals surface area contributed by atoms with Gasteiger partial charge in [0, 0.05) is 22.7 Å². The lowest BCUT2D eigenvalue weighted by Gasteiger charge is -2.11. The zero-order valence-electron chi connectivity index (χ0n) is 15.8. The van der Waals surface area contributed by atoms with Gasteiger partial charge < -0.3 is 10.1 Å². The monoisotopic (exact) mass is 427 g/mol. The van der Waals surface area contributed by atoms with Crippen molar-refractivity contribution >= 4 is 39.5 Å². The average molecular weight is 428 g/mol. The first kappa shape index (κ1) is 19.4. The molecule has 0 atom stereocenters. The first-order valence-electron chi connectivity index (χ1n) is 9.04. The van der Waals surface area contributed by atoms with Gasteiger partial charge in [-0.2, -0.15) is 9.61 Å². The van der Waals surface area contributed by atoms with E-state index in [1.54, 1.807) is 28.8 Å². The quantitative estimate of drug-likeness (QED) is 0.493. The number of anilines is 1. The normalized spacial score (nSPS) is 11.0. The second kappa shape index (κ2) is 8.18. The van der Waals surface area contributed by atoms with E-state index in [1.165, 1.54) is 11.3 Å². The molecule has 148 valence electrons. The fourth-order valence-corrected chi connectivity index (χ4v) is 3.73. The number of ether oxygens (including phenoxy) is 1. The summed E-state index contributed by atoms with van der Waals surface area (Å²) >= 11 is 7.31. The summed E-state index contributed by atoms with van der Waals surface area (Å²) in [7, 11) is 0. The molecule has 0 unspecified atom stereocenters. The van der Waals surface area contributed by atoms with E-state index in [-0.39, 0.29) is 12.5 Å². The number of carbonyl (C=O) groups excluding carboxylic acids is 1. The van der Waals surface area contributed by atoms with Crippen molar-refractivity contribution in [3.63, 3.8) is 0 Å². The topological polar surface area (TPSA) is 81.4 Å². The molecule has 4 aromatic rings. The molecule has 1 N–H and O–H groups in total. The zero-order chi connectivity index (χ0) is 20.4. The second-order valence-electron chi connectivity index (χ2n) is 6.39. The van der Waals surface area contributed by atoms with Gasteiger partial charge in [0.1, 0.15) is 10.8 Å². The Morgan fingerprint density at radius 3 is 2.76 bits per heavy atom. The summed E-state index contributed by atoms with van der Waals surface area (Å²) < 4.78 is 7.27. The Hall–Kier alpha value is -2.97. The maximum Gasteiger partial charge on any atom is 0.262 e. The van der Waals surface area contributed by atoms with Crippen LogP contribution < -0.4 is 10.1 Å². The highest BCUT2D eigenvalue weighted by Crippen LogP contribution is 2.29. The largest absolute Gasteiger partial charge is 0.484 e. The van der Waals surface area contributed by atoms with Crippen LogP contribution >= 0.6 is 22.9 Å². The average Bonchev–Trinajstić information content (AvgIpc) is 3.30. The van der Waals surface area contributed by atoms with Gasteiger partial charge in [0.2, 0.25) is 4.96 Å². The highest BCUT2D eigenvalue weighted by atomic mass is 35.5. The van der Waals surface area contributed by atoms with Crippen LogP contribution in [-0.4, -0.2) is 32.3 Å². The number of aromatic nitrogens is 4. The van der Waals surface area contributed by atoms with Gasteiger partial charge in [0.25, 0.3) is 5.91 Å². The zero-order valence-corrected chi connectivity index (χ0v) is 17.4. The molecule has 2 aromatic carbocycles. The lowest BCUT2D eigenvalue weighted by Crippen LogP contribution is -2.20. The lowest BCUT2D eigenvalue weighted by molar-refractivity contribution is -0.118. The van der Waals surface area contributed by atoms with Crippen molar-refractivity contribution in [2.24, 2.45) is 0 Å². The van der Waals surface area contributed by atoms with E-state index in [1.807, 2.05) is 32.0 Å². The number of benzene rings is 2. The van der Waals surface area contributed by atoms with E-state index in [0.717, 1.165) is 33.3 Å². The van der Waals surface area contributed by atoms with Gasteiger partial charge in [-0.25, -0.2) is 0 Å². The molecule has 2 heterocycles. The van der Waals surface area contributed by atoms with Crippen LogP contribution in [0.4, 0.5) is 5.69 Å². The molecule has 0 aliphatic carbocycles. The van der Waals surface area contributed by atoms with Crippen molar-refractivity contribution in [1.29, 1.82) is 0 Å². The summed E-state index contributed by atoms with van der Waals surface area (Å²) in [5.41, 5.74) is 2.57. The molecule has 0 aliphatic rings. The van der Waals surface area contributed by atoms with E-state index in [4.69, 9.17) is 16.3 Å². The van der Waals surface area contributed by atoms with Gasteiger partial charge in [-0.15, -0.1) is 10.2 Å². The Kier molecular flexibility index (Phi) is 5.46. The predicted molar refractivity (Wildman–Crippen MR) is 114 cm³/mol. The number of hydrogen-bond acceptors (Lipinski definition) is 6. The van der Waals surface area contributed by atoms with Gasteiger partial charge in [-0.3, -0.25) is 4.79 Å². The molecule has 0 aliphatic heterocycles. The van der Waals surface area contributed by atoms with Crippen molar-refractivity contribution in [2.75, 3.05) is 11.9 Å². The van der Waals surface area contributed by atoms with E-state index in [9.17, 15) is 4.79 Å². The summed E-state index contributed by atoms with van der Waals surface area (Å²) in [5.74, 6) is 1.16. The van der Waals surface area contributed by atoms with Crippen LogP contribution in [0.2, 0.25) is 5.02 Å². The maximum atomic E-state index is 12.3. The number of fused-ring (bicyclic) bond motifs is 1. The summed E-state index contributed by atoms with van der Waals surface area (Å²) in [4.78, 5) is 13.1. The Morgan fingerprint density at radius 1 is 1.21 bits per heavy atom. The van der Waals surface area contributed by atoms with E-state index >= 15 is 0 Å². The number of carbonyl (C=O) groups is 1. The third-order valence-corrected chi connectivity index (χ3v) is 5.51. The third-order valence-electron chi connectivity index (χ3n) is 4.31. The maximum absolute atomic E-state index is 12.3. The molecule has 2 aromatic heterocycles. The number of aryl methyl sites for hydroxylation is 2. The van der Waals surface area contributed by atoms with Crippen molar-refractivity contribution in [3.8, 4) is 16.3 Å². The molecule has 7 nitrogen and oxygen atoms in total. The fraction of sp³-hybridized carbons (Fsp3) is 0.200. The predicted octanol–water partition coefficient (Wildman–Crippen LogP) is 4.39. The number of nitrogens with zero attached hydrogens (tertiary/aromatic N) is 4. The molecular formula is C20H18ClN5O2S. The third kappa shape index (κ3) is 4.23. The standard InChI is InChI=1S/C20H18ClN5O2S/c1-3-17-23-24-20-26(17)25-19(29-20)13-5-4-12(2)16(10-13)22-18(27)11-28-15-8-6-14(21)7-9-15/h4-10H,3,11H2,1-2H3,(H,22,27). The highest BCUT2D eigenvalue weighted by molar-refractivity contribution is 7.19. The second-order valence-corrected chi connectivity index (χ2v) is 7.78. The lowest BCUT2D eigenvalue weighted by atomic mass is 10.1. The highest BCUT2D eigenvalue weighted by Gasteiger charge is 2.14. The van der Waals surface area contributed by atoms with E-state index < -0.39 is 0 Å². The minimum absolute atomic E-state index is 0.0953. The molecule has 4 rings (SSSR count). The van der Waals surface area contributed by atoms with Gasteiger partial charge >= 0.3 is 0 Å². The first-order valence-corrected chi connectivity index (χ1v) is 10.2. The molecule has 29 heavy (non-hydrogen) atoms. The number of halogens is 1. The van der Waals surface area contributed by atoms with Crippen LogP contribution in [0, 0.1) is 6.92 Å². The molecule has 0 saturated carbocycles. The van der Waals surface area contributed by atoms with Crippen LogP contribution in [0.3, 0.4) is 0 Å². The molecule has 1 amide bonds. The number of nitrogens with one attached hydrogen (secondary N) is 1. The van der Waals surface area contributed by atoms with Crippen molar-refractivity contribution in [3.05, 3.63) is 58.9 Å². The van der Waals surface area contributed by atoms with Crippen LogP contribution in [-0.2, 0) is 11.2 Å². The molecule has 0 spiro atoms. The summed E-state index contributed by atoms with van der Waals surface area (Å²) in [5, 5.41) is 17.2. The van der Waals surface area contributed by atoms with Crippen LogP contribution in [0.15, 0.2) is 42.5 Å². The molecule has 0 radical (unpaired) electrons. The van der Waals surface area contributed by atoms with Gasteiger partial charge in [-0.1, -0.05) is 42.0 Å². The summed E-state index contributed by atoms with van der Waals surface area (Å²) in [6.45, 7) is 3.86. The van der Waals surface area contributed by atoms with Crippen molar-refractivity contribution < 1.29 is 9.53 Å². The van der Waals surface area contributed by atoms with Crippen LogP contribution in [0.1, 0.15) is 18.3 Å². The summed E-state index contributed by atoms with van der Waals surface area (Å²) in [6, 6.07) is 12.7. The molecule has 9 heteroatoms. The first-order chi connectivity index (χ1) is 14.0. The molecule has 0 fully saturated rings. The number of amides is 1. The Bertz CT molecular complexity index is 1170. The summed E-state index contributed by atoms with van der Waals surface area (Å²) in [6.07, 6.45) is 0.757. The van der Waals surface area contributed by atoms with Gasteiger partial charge in [0.15, 0.2) is 12.4 Å². The van der Waals surface area contributed by atoms with Crippen LogP contribution in [0.25, 0.3) is 15.5 Å². The van der Waals surface area contributed by atoms with Gasteiger partial charge in [-0.05, 0) is 42.8 Å². The van der Waals surface area contributed by atoms with Crippen LogP contribution in [0.5, 0.6) is 5.75 Å². The smallest absolute Gasteiger partial charge is 0.262 e. The Balaban J connectivity index is 1.49.